The number of nitrogens with one attached hydrogen (secondary N) is 1. The van der Waals surface area contributed by atoms with Crippen molar-refractivity contribution >= 4 is 23.3 Å². The van der Waals surface area contributed by atoms with Gasteiger partial charge in [-0.25, -0.2) is 0 Å². The Labute approximate surface area is 140 Å². The highest BCUT2D eigenvalue weighted by atomic mass is 16.5. The summed E-state index contributed by atoms with van der Waals surface area (Å²) in [5.41, 5.74) is 1.16. The van der Waals surface area contributed by atoms with Gasteiger partial charge in [-0.05, 0) is 43.2 Å². The third kappa shape index (κ3) is 3.22. The highest BCUT2D eigenvalue weighted by Gasteiger charge is 2.24. The predicted molar refractivity (Wildman–Crippen MR) is 91.1 cm³/mol. The summed E-state index contributed by atoms with van der Waals surface area (Å²) in [6.45, 7) is 3.45. The molecule has 1 aromatic heterocycles. The van der Waals surface area contributed by atoms with Crippen LogP contribution >= 0.6 is 0 Å². The molecular formula is C18H19N3O3. The van der Waals surface area contributed by atoms with Crippen molar-refractivity contribution in [2.75, 3.05) is 17.3 Å². The molecule has 0 spiro atoms. The molecule has 0 atom stereocenters. The van der Waals surface area contributed by atoms with E-state index >= 15 is 0 Å². The first kappa shape index (κ1) is 16.0. The van der Waals surface area contributed by atoms with Crippen LogP contribution in [0.3, 0.4) is 0 Å². The van der Waals surface area contributed by atoms with Crippen LogP contribution in [0, 0.1) is 0 Å². The van der Waals surface area contributed by atoms with Gasteiger partial charge in [-0.3, -0.25) is 9.59 Å². The quantitative estimate of drug-likeness (QED) is 0.856. The number of aromatic nitrogens is 1. The van der Waals surface area contributed by atoms with Crippen LogP contribution in [-0.4, -0.2) is 24.0 Å². The highest BCUT2D eigenvalue weighted by molar-refractivity contribution is 6.04. The molecule has 0 unspecified atom stereocenters. The van der Waals surface area contributed by atoms with E-state index in [9.17, 15) is 9.59 Å². The Morgan fingerprint density at radius 3 is 2.62 bits per heavy atom. The van der Waals surface area contributed by atoms with E-state index in [-0.39, 0.29) is 11.8 Å². The Morgan fingerprint density at radius 2 is 2.04 bits per heavy atom. The SMILES string of the molecule is C=CC(=O)N(C)c1ccc(C(=O)Nc2cc(C3CCC3)on2)cc1. The maximum absolute atomic E-state index is 12.3. The molecular weight excluding hydrogens is 306 g/mol. The second-order valence-electron chi connectivity index (χ2n) is 5.84. The Morgan fingerprint density at radius 1 is 1.33 bits per heavy atom. The number of rotatable bonds is 5. The third-order valence-corrected chi connectivity index (χ3v) is 4.30. The lowest BCUT2D eigenvalue weighted by Crippen LogP contribution is -2.23. The first-order chi connectivity index (χ1) is 11.6. The van der Waals surface area contributed by atoms with Gasteiger partial charge < -0.3 is 14.7 Å². The van der Waals surface area contributed by atoms with Gasteiger partial charge >= 0.3 is 0 Å². The van der Waals surface area contributed by atoms with Crippen LogP contribution < -0.4 is 10.2 Å². The molecule has 0 saturated heterocycles. The summed E-state index contributed by atoms with van der Waals surface area (Å²) in [5, 5.41) is 6.62. The number of amides is 2. The summed E-state index contributed by atoms with van der Waals surface area (Å²) in [4.78, 5) is 25.3. The maximum Gasteiger partial charge on any atom is 0.256 e. The van der Waals surface area contributed by atoms with E-state index in [1.807, 2.05) is 0 Å². The van der Waals surface area contributed by atoms with Crippen LogP contribution in [-0.2, 0) is 4.79 Å². The van der Waals surface area contributed by atoms with Crippen LogP contribution in [0.1, 0.15) is 41.3 Å². The molecule has 1 N–H and O–H groups in total. The monoisotopic (exact) mass is 325 g/mol. The van der Waals surface area contributed by atoms with Gasteiger partial charge in [0, 0.05) is 30.3 Å². The molecule has 24 heavy (non-hydrogen) atoms. The second-order valence-corrected chi connectivity index (χ2v) is 5.84. The number of nitrogens with zero attached hydrogens (tertiary/aromatic N) is 2. The lowest BCUT2D eigenvalue weighted by Gasteiger charge is -2.21. The molecule has 0 bridgehead atoms. The Kier molecular flexibility index (Phi) is 4.46. The molecule has 1 aliphatic carbocycles. The van der Waals surface area contributed by atoms with Crippen LogP contribution in [0.2, 0.25) is 0 Å². The van der Waals surface area contributed by atoms with Crippen molar-refractivity contribution < 1.29 is 14.1 Å². The normalized spacial score (nSPS) is 13.9. The standard InChI is InChI=1S/C18H19N3O3/c1-3-17(22)21(2)14-9-7-13(8-10-14)18(23)19-16-11-15(24-20-16)12-5-4-6-12/h3,7-12H,1,4-6H2,2H3,(H,19,20,23). The van der Waals surface area contributed by atoms with Gasteiger partial charge in [0.1, 0.15) is 5.76 Å². The minimum atomic E-state index is -0.271. The van der Waals surface area contributed by atoms with Crippen molar-refractivity contribution in [1.29, 1.82) is 0 Å². The topological polar surface area (TPSA) is 75.4 Å². The average molecular weight is 325 g/mol. The van der Waals surface area contributed by atoms with Gasteiger partial charge in [0.15, 0.2) is 5.82 Å². The lowest BCUT2D eigenvalue weighted by molar-refractivity contribution is -0.113. The number of hydrogen-bond donors (Lipinski definition) is 1. The summed E-state index contributed by atoms with van der Waals surface area (Å²) in [7, 11) is 1.65. The average Bonchev–Trinajstić information content (AvgIpc) is 2.99. The molecule has 0 aliphatic heterocycles. The van der Waals surface area contributed by atoms with Crippen molar-refractivity contribution in [3.63, 3.8) is 0 Å². The van der Waals surface area contributed by atoms with E-state index in [1.54, 1.807) is 37.4 Å². The minimum absolute atomic E-state index is 0.210. The Bertz CT molecular complexity index is 760. The fourth-order valence-electron chi connectivity index (χ4n) is 2.52. The van der Waals surface area contributed by atoms with Crippen molar-refractivity contribution in [2.45, 2.75) is 25.2 Å². The lowest BCUT2D eigenvalue weighted by atomic mass is 9.84. The molecule has 1 saturated carbocycles. The van der Waals surface area contributed by atoms with Gasteiger partial charge in [0.2, 0.25) is 5.91 Å². The van der Waals surface area contributed by atoms with E-state index in [0.717, 1.165) is 18.6 Å². The van der Waals surface area contributed by atoms with Crippen LogP contribution in [0.15, 0.2) is 47.5 Å². The number of likely N-dealkylation sites (N-methyl/N-ethyl adjacent to an activating group) is 1. The van der Waals surface area contributed by atoms with Crippen LogP contribution in [0.4, 0.5) is 11.5 Å². The van der Waals surface area contributed by atoms with Crippen LogP contribution in [0.25, 0.3) is 0 Å². The summed E-state index contributed by atoms with van der Waals surface area (Å²) < 4.78 is 5.28. The number of carbonyl (C=O) groups excluding carboxylic acids is 2. The van der Waals surface area contributed by atoms with E-state index in [4.69, 9.17) is 4.52 Å². The number of carbonyl (C=O) groups is 2. The van der Waals surface area contributed by atoms with E-state index in [1.165, 1.54) is 17.4 Å². The first-order valence-electron chi connectivity index (χ1n) is 7.86. The third-order valence-electron chi connectivity index (χ3n) is 4.30. The molecule has 1 heterocycles. The summed E-state index contributed by atoms with van der Waals surface area (Å²) in [5.74, 6) is 1.20. The zero-order valence-corrected chi connectivity index (χ0v) is 13.5. The van der Waals surface area contributed by atoms with Gasteiger partial charge in [-0.15, -0.1) is 0 Å². The zero-order valence-electron chi connectivity index (χ0n) is 13.5. The number of benzene rings is 1. The van der Waals surface area contributed by atoms with Crippen molar-refractivity contribution in [3.05, 3.63) is 54.3 Å². The Hall–Kier alpha value is -2.89. The predicted octanol–water partition coefficient (Wildman–Crippen LogP) is 3.34. The molecule has 6 nitrogen and oxygen atoms in total. The molecule has 1 fully saturated rings. The largest absolute Gasteiger partial charge is 0.359 e. The molecule has 0 radical (unpaired) electrons. The highest BCUT2D eigenvalue weighted by Crippen LogP contribution is 2.37. The van der Waals surface area contributed by atoms with Gasteiger partial charge in [0.05, 0.1) is 0 Å². The number of anilines is 2. The fraction of sp³-hybridized carbons (Fsp3) is 0.278. The van der Waals surface area contributed by atoms with Crippen LogP contribution in [0.5, 0.6) is 0 Å². The smallest absolute Gasteiger partial charge is 0.256 e. The van der Waals surface area contributed by atoms with Crippen molar-refractivity contribution in [2.24, 2.45) is 0 Å². The first-order valence-corrected chi connectivity index (χ1v) is 7.86. The molecule has 6 heteroatoms. The van der Waals surface area contributed by atoms with Gasteiger partial charge in [-0.2, -0.15) is 0 Å². The van der Waals surface area contributed by atoms with Crippen molar-refractivity contribution in [1.82, 2.24) is 5.16 Å². The minimum Gasteiger partial charge on any atom is -0.359 e. The van der Waals surface area contributed by atoms with Gasteiger partial charge in [-0.1, -0.05) is 18.2 Å². The Balaban J connectivity index is 1.65. The van der Waals surface area contributed by atoms with Gasteiger partial charge in [0.25, 0.3) is 5.91 Å². The molecule has 1 aromatic carbocycles. The summed E-state index contributed by atoms with van der Waals surface area (Å²) in [6.07, 6.45) is 4.68. The number of hydrogen-bond acceptors (Lipinski definition) is 4. The zero-order chi connectivity index (χ0) is 17.1. The van der Waals surface area contributed by atoms with Crippen molar-refractivity contribution in [3.8, 4) is 0 Å². The van der Waals surface area contributed by atoms with E-state index in [2.05, 4.69) is 17.1 Å². The summed E-state index contributed by atoms with van der Waals surface area (Å²) in [6, 6.07) is 8.51. The van der Waals surface area contributed by atoms with E-state index < -0.39 is 0 Å². The summed E-state index contributed by atoms with van der Waals surface area (Å²) >= 11 is 0. The second kappa shape index (κ2) is 6.70. The molecule has 2 aromatic rings. The molecule has 3 rings (SSSR count). The fourth-order valence-corrected chi connectivity index (χ4v) is 2.52. The van der Waals surface area contributed by atoms with E-state index in [0.29, 0.717) is 23.0 Å². The molecule has 2 amide bonds. The molecule has 124 valence electrons. The molecule has 1 aliphatic rings. The maximum atomic E-state index is 12.3.